The van der Waals surface area contributed by atoms with Gasteiger partial charge in [-0.1, -0.05) is 0 Å². The van der Waals surface area contributed by atoms with Crippen LogP contribution >= 0.6 is 0 Å². The molecule has 1 aromatic carbocycles. The van der Waals surface area contributed by atoms with Gasteiger partial charge in [-0.2, -0.15) is 5.10 Å². The Morgan fingerprint density at radius 2 is 2.25 bits per heavy atom. The lowest BCUT2D eigenvalue weighted by molar-refractivity contribution is 1.12. The van der Waals surface area contributed by atoms with E-state index in [0.29, 0.717) is 0 Å². The summed E-state index contributed by atoms with van der Waals surface area (Å²) in [7, 11) is 1.92. The average Bonchev–Trinajstić information content (AvgIpc) is 2.49. The molecule has 0 spiro atoms. The van der Waals surface area contributed by atoms with E-state index in [-0.39, 0.29) is 0 Å². The average molecular weight is 161 g/mol. The molecule has 0 bridgehead atoms. The molecule has 2 N–H and O–H groups in total. The van der Waals surface area contributed by atoms with Crippen molar-refractivity contribution < 1.29 is 0 Å². The van der Waals surface area contributed by atoms with Crippen LogP contribution in [-0.2, 0) is 0 Å². The molecule has 0 amide bonds. The van der Waals surface area contributed by atoms with Crippen molar-refractivity contribution in [2.24, 2.45) is 0 Å². The number of nitrogens with one attached hydrogen (secondary N) is 2. The summed E-state index contributed by atoms with van der Waals surface area (Å²) in [5.74, 6) is 0. The number of H-pyrrole nitrogens is 1. The van der Waals surface area contributed by atoms with Crippen LogP contribution in [0.15, 0.2) is 18.3 Å². The lowest BCUT2D eigenvalue weighted by Gasteiger charge is -2.03. The van der Waals surface area contributed by atoms with E-state index in [1.165, 1.54) is 5.56 Å². The highest BCUT2D eigenvalue weighted by atomic mass is 15.1. The molecule has 0 aliphatic rings. The van der Waals surface area contributed by atoms with Gasteiger partial charge >= 0.3 is 0 Å². The quantitative estimate of drug-likeness (QED) is 0.670. The lowest BCUT2D eigenvalue weighted by atomic mass is 10.1. The van der Waals surface area contributed by atoms with E-state index in [1.807, 2.05) is 13.2 Å². The van der Waals surface area contributed by atoms with Crippen molar-refractivity contribution in [2.75, 3.05) is 12.4 Å². The molecule has 1 heterocycles. The molecule has 0 aliphatic carbocycles. The molecule has 0 radical (unpaired) electrons. The van der Waals surface area contributed by atoms with Crippen LogP contribution in [0.25, 0.3) is 10.9 Å². The Morgan fingerprint density at radius 3 is 3.00 bits per heavy atom. The fraction of sp³-hybridized carbons (Fsp3) is 0.222. The smallest absolute Gasteiger partial charge is 0.0654 e. The summed E-state index contributed by atoms with van der Waals surface area (Å²) in [4.78, 5) is 0. The zero-order chi connectivity index (χ0) is 8.55. The topological polar surface area (TPSA) is 40.7 Å². The van der Waals surface area contributed by atoms with Gasteiger partial charge in [-0.3, -0.25) is 5.10 Å². The number of fused-ring (bicyclic) bond motifs is 1. The summed E-state index contributed by atoms with van der Waals surface area (Å²) in [5, 5.41) is 11.2. The lowest BCUT2D eigenvalue weighted by Crippen LogP contribution is -1.90. The second kappa shape index (κ2) is 2.52. The molecule has 12 heavy (non-hydrogen) atoms. The minimum Gasteiger partial charge on any atom is -0.388 e. The first-order chi connectivity index (χ1) is 5.81. The largest absolute Gasteiger partial charge is 0.388 e. The zero-order valence-corrected chi connectivity index (χ0v) is 7.18. The zero-order valence-electron chi connectivity index (χ0n) is 7.18. The SMILES string of the molecule is CNc1cc2cn[nH]c2cc1C. The number of aryl methyl sites for hydroxylation is 1. The van der Waals surface area contributed by atoms with Crippen LogP contribution in [0.5, 0.6) is 0 Å². The molecule has 3 nitrogen and oxygen atoms in total. The van der Waals surface area contributed by atoms with Gasteiger partial charge in [-0.15, -0.1) is 0 Å². The molecule has 0 atom stereocenters. The van der Waals surface area contributed by atoms with Crippen LogP contribution in [0, 0.1) is 6.92 Å². The van der Waals surface area contributed by atoms with Gasteiger partial charge in [0.1, 0.15) is 0 Å². The van der Waals surface area contributed by atoms with E-state index in [2.05, 4.69) is 34.6 Å². The predicted octanol–water partition coefficient (Wildman–Crippen LogP) is 1.91. The van der Waals surface area contributed by atoms with E-state index < -0.39 is 0 Å². The Hall–Kier alpha value is -1.51. The molecule has 0 aliphatic heterocycles. The normalized spacial score (nSPS) is 10.5. The van der Waals surface area contributed by atoms with Crippen molar-refractivity contribution >= 4 is 16.6 Å². The molecule has 2 aromatic rings. The van der Waals surface area contributed by atoms with Crippen molar-refractivity contribution in [3.63, 3.8) is 0 Å². The third kappa shape index (κ3) is 0.942. The van der Waals surface area contributed by atoms with Gasteiger partial charge in [-0.05, 0) is 24.6 Å². The Balaban J connectivity index is 2.73. The fourth-order valence-corrected chi connectivity index (χ4v) is 1.37. The molecular weight excluding hydrogens is 150 g/mol. The summed E-state index contributed by atoms with van der Waals surface area (Å²) >= 11 is 0. The van der Waals surface area contributed by atoms with Gasteiger partial charge in [0.25, 0.3) is 0 Å². The van der Waals surface area contributed by atoms with Crippen LogP contribution in [0.3, 0.4) is 0 Å². The second-order valence-corrected chi connectivity index (χ2v) is 2.87. The van der Waals surface area contributed by atoms with E-state index >= 15 is 0 Å². The van der Waals surface area contributed by atoms with Crippen LogP contribution in [0.4, 0.5) is 5.69 Å². The highest BCUT2D eigenvalue weighted by Gasteiger charge is 1.99. The number of aromatic amines is 1. The Kier molecular flexibility index (Phi) is 1.50. The number of rotatable bonds is 1. The summed E-state index contributed by atoms with van der Waals surface area (Å²) in [5.41, 5.74) is 3.48. The van der Waals surface area contributed by atoms with Crippen LogP contribution in [0.1, 0.15) is 5.56 Å². The number of nitrogens with zero attached hydrogens (tertiary/aromatic N) is 1. The molecule has 62 valence electrons. The van der Waals surface area contributed by atoms with E-state index in [4.69, 9.17) is 0 Å². The van der Waals surface area contributed by atoms with Gasteiger partial charge in [0.2, 0.25) is 0 Å². The molecule has 0 saturated carbocycles. The summed E-state index contributed by atoms with van der Waals surface area (Å²) in [6, 6.07) is 4.18. The number of hydrogen-bond acceptors (Lipinski definition) is 2. The predicted molar refractivity (Wildman–Crippen MR) is 50.4 cm³/mol. The number of anilines is 1. The highest BCUT2D eigenvalue weighted by molar-refractivity contribution is 5.83. The van der Waals surface area contributed by atoms with Crippen molar-refractivity contribution in [3.8, 4) is 0 Å². The van der Waals surface area contributed by atoms with E-state index in [1.54, 1.807) is 0 Å². The molecule has 3 heteroatoms. The Labute approximate surface area is 70.8 Å². The van der Waals surface area contributed by atoms with Crippen molar-refractivity contribution in [3.05, 3.63) is 23.9 Å². The number of aromatic nitrogens is 2. The standard InChI is InChI=1S/C9H11N3/c1-6-3-9-7(5-11-12-9)4-8(6)10-2/h3-5,10H,1-2H3,(H,11,12). The summed E-state index contributed by atoms with van der Waals surface area (Å²) < 4.78 is 0. The molecule has 2 rings (SSSR count). The van der Waals surface area contributed by atoms with E-state index in [0.717, 1.165) is 16.6 Å². The third-order valence-electron chi connectivity index (χ3n) is 2.05. The Morgan fingerprint density at radius 1 is 1.42 bits per heavy atom. The van der Waals surface area contributed by atoms with Crippen LogP contribution in [0.2, 0.25) is 0 Å². The maximum Gasteiger partial charge on any atom is 0.0654 e. The monoisotopic (exact) mass is 161 g/mol. The van der Waals surface area contributed by atoms with E-state index in [9.17, 15) is 0 Å². The van der Waals surface area contributed by atoms with Gasteiger partial charge in [0, 0.05) is 18.1 Å². The summed E-state index contributed by atoms with van der Waals surface area (Å²) in [6.45, 7) is 2.08. The minimum absolute atomic E-state index is 1.09. The second-order valence-electron chi connectivity index (χ2n) is 2.87. The van der Waals surface area contributed by atoms with Crippen molar-refractivity contribution in [2.45, 2.75) is 6.92 Å². The van der Waals surface area contributed by atoms with Crippen LogP contribution < -0.4 is 5.32 Å². The first-order valence-corrected chi connectivity index (χ1v) is 3.93. The van der Waals surface area contributed by atoms with Gasteiger partial charge < -0.3 is 5.32 Å². The molecule has 0 unspecified atom stereocenters. The Bertz CT molecular complexity index is 403. The maximum atomic E-state index is 3.97. The van der Waals surface area contributed by atoms with Gasteiger partial charge in [0.05, 0.1) is 11.7 Å². The molecular formula is C9H11N3. The fourth-order valence-electron chi connectivity index (χ4n) is 1.37. The number of benzene rings is 1. The highest BCUT2D eigenvalue weighted by Crippen LogP contribution is 2.20. The number of hydrogen-bond donors (Lipinski definition) is 2. The van der Waals surface area contributed by atoms with Gasteiger partial charge in [0.15, 0.2) is 0 Å². The minimum atomic E-state index is 1.09. The van der Waals surface area contributed by atoms with Gasteiger partial charge in [-0.25, -0.2) is 0 Å². The first-order valence-electron chi connectivity index (χ1n) is 3.93. The van der Waals surface area contributed by atoms with Crippen molar-refractivity contribution in [1.82, 2.24) is 10.2 Å². The maximum absolute atomic E-state index is 3.97. The molecule has 0 fully saturated rings. The third-order valence-corrected chi connectivity index (χ3v) is 2.05. The molecule has 0 saturated heterocycles. The van der Waals surface area contributed by atoms with Crippen LogP contribution in [-0.4, -0.2) is 17.2 Å². The molecule has 1 aromatic heterocycles. The van der Waals surface area contributed by atoms with Crippen molar-refractivity contribution in [1.29, 1.82) is 0 Å². The summed E-state index contributed by atoms with van der Waals surface area (Å²) in [6.07, 6.45) is 1.83. The first kappa shape index (κ1) is 7.16.